The number of nitrogens with zero attached hydrogens (tertiary/aromatic N) is 3. The number of rotatable bonds is 7. The van der Waals surface area contributed by atoms with Gasteiger partial charge in [0.1, 0.15) is 17.3 Å². The second-order valence-electron chi connectivity index (χ2n) is 7.43. The topological polar surface area (TPSA) is 81.9 Å². The normalized spacial score (nSPS) is 16.1. The van der Waals surface area contributed by atoms with Crippen LogP contribution in [0.5, 0.6) is 11.5 Å². The number of nitriles is 1. The van der Waals surface area contributed by atoms with E-state index in [1.54, 1.807) is 27.3 Å². The van der Waals surface area contributed by atoms with Gasteiger partial charge >= 0.3 is 0 Å². The number of benzene rings is 2. The van der Waals surface area contributed by atoms with Gasteiger partial charge < -0.3 is 20.1 Å². The summed E-state index contributed by atoms with van der Waals surface area (Å²) in [6, 6.07) is 12.5. The fourth-order valence-corrected chi connectivity index (χ4v) is 3.66. The number of hydrogen-bond acceptors (Lipinski definition) is 5. The number of aliphatic imine (C=N–C) groups is 1. The van der Waals surface area contributed by atoms with Crippen molar-refractivity contribution in [2.24, 2.45) is 4.99 Å². The molecule has 32 heavy (non-hydrogen) atoms. The average molecular weight is 553 g/mol. The number of likely N-dealkylation sites (tertiary alicyclic amines) is 1. The Labute approximate surface area is 205 Å². The fraction of sp³-hybridized carbons (Fsp3) is 0.391. The highest BCUT2D eigenvalue weighted by Gasteiger charge is 2.23. The summed E-state index contributed by atoms with van der Waals surface area (Å²) < 4.78 is 24.7. The summed E-state index contributed by atoms with van der Waals surface area (Å²) in [6.45, 7) is 2.86. The van der Waals surface area contributed by atoms with Crippen molar-refractivity contribution in [3.63, 3.8) is 0 Å². The Bertz CT molecular complexity index is 957. The minimum atomic E-state index is -0.345. The zero-order valence-electron chi connectivity index (χ0n) is 18.5. The predicted molar refractivity (Wildman–Crippen MR) is 133 cm³/mol. The van der Waals surface area contributed by atoms with Gasteiger partial charge in [-0.15, -0.1) is 24.0 Å². The Balaban J connectivity index is 0.00000363. The standard InChI is InChI=1S/C23H28FN5O2.HI/c1-26-23(27-13-18-8-16(12-25)4-5-22(18)24)28-19-6-7-29(15-19)14-17-9-20(30-2)11-21(10-17)31-3;/h4-5,8-11,19H,6-7,13-15H2,1-3H3,(H2,26,27,28);1H. The molecule has 9 heteroatoms. The number of nitrogens with one attached hydrogen (secondary N) is 2. The van der Waals surface area contributed by atoms with Gasteiger partial charge in [0.05, 0.1) is 25.9 Å². The van der Waals surface area contributed by atoms with Crippen LogP contribution in [-0.2, 0) is 13.1 Å². The lowest BCUT2D eigenvalue weighted by atomic mass is 10.1. The van der Waals surface area contributed by atoms with Crippen molar-refractivity contribution in [1.29, 1.82) is 5.26 Å². The third kappa shape index (κ3) is 6.97. The van der Waals surface area contributed by atoms with Gasteiger partial charge in [-0.25, -0.2) is 4.39 Å². The molecule has 0 saturated carbocycles. The highest BCUT2D eigenvalue weighted by atomic mass is 127. The summed E-state index contributed by atoms with van der Waals surface area (Å²) >= 11 is 0. The lowest BCUT2D eigenvalue weighted by Gasteiger charge is -2.19. The van der Waals surface area contributed by atoms with Gasteiger partial charge in [0, 0.05) is 50.9 Å². The van der Waals surface area contributed by atoms with Crippen LogP contribution < -0.4 is 20.1 Å². The summed E-state index contributed by atoms with van der Waals surface area (Å²) in [5.41, 5.74) is 2.00. The van der Waals surface area contributed by atoms with E-state index in [-0.39, 0.29) is 42.4 Å². The fourth-order valence-electron chi connectivity index (χ4n) is 3.66. The van der Waals surface area contributed by atoms with Crippen molar-refractivity contribution in [3.8, 4) is 17.6 Å². The first-order valence-electron chi connectivity index (χ1n) is 10.1. The van der Waals surface area contributed by atoms with Crippen LogP contribution in [-0.4, -0.2) is 51.3 Å². The smallest absolute Gasteiger partial charge is 0.191 e. The molecule has 0 aliphatic carbocycles. The Kier molecular flexibility index (Phi) is 9.99. The van der Waals surface area contributed by atoms with E-state index in [1.807, 2.05) is 24.3 Å². The molecular weight excluding hydrogens is 524 g/mol. The van der Waals surface area contributed by atoms with E-state index in [4.69, 9.17) is 14.7 Å². The summed E-state index contributed by atoms with van der Waals surface area (Å²) in [5, 5.41) is 15.6. The van der Waals surface area contributed by atoms with Crippen LogP contribution in [0.4, 0.5) is 4.39 Å². The minimum absolute atomic E-state index is 0. The van der Waals surface area contributed by atoms with E-state index in [2.05, 4.69) is 20.5 Å². The molecule has 172 valence electrons. The molecule has 1 atom stereocenters. The second kappa shape index (κ2) is 12.5. The van der Waals surface area contributed by atoms with Crippen molar-refractivity contribution in [2.45, 2.75) is 25.6 Å². The van der Waals surface area contributed by atoms with Crippen LogP contribution in [0.3, 0.4) is 0 Å². The van der Waals surface area contributed by atoms with Crippen LogP contribution in [0, 0.1) is 17.1 Å². The number of hydrogen-bond donors (Lipinski definition) is 2. The molecule has 1 aliphatic heterocycles. The van der Waals surface area contributed by atoms with Crippen LogP contribution in [0.15, 0.2) is 41.4 Å². The van der Waals surface area contributed by atoms with Crippen LogP contribution in [0.2, 0.25) is 0 Å². The van der Waals surface area contributed by atoms with Gasteiger partial charge in [0.15, 0.2) is 5.96 Å². The van der Waals surface area contributed by atoms with Crippen LogP contribution >= 0.6 is 24.0 Å². The highest BCUT2D eigenvalue weighted by Crippen LogP contribution is 2.24. The molecule has 0 radical (unpaired) electrons. The molecule has 0 spiro atoms. The first-order chi connectivity index (χ1) is 15.0. The van der Waals surface area contributed by atoms with Gasteiger partial charge in [-0.2, -0.15) is 5.26 Å². The minimum Gasteiger partial charge on any atom is -0.497 e. The number of guanidine groups is 1. The maximum Gasteiger partial charge on any atom is 0.191 e. The predicted octanol–water partition coefficient (Wildman–Crippen LogP) is 3.27. The van der Waals surface area contributed by atoms with E-state index in [9.17, 15) is 4.39 Å². The Hall–Kier alpha value is -2.58. The molecule has 2 N–H and O–H groups in total. The molecule has 1 heterocycles. The van der Waals surface area contributed by atoms with Gasteiger partial charge in [-0.3, -0.25) is 9.89 Å². The Morgan fingerprint density at radius 3 is 2.56 bits per heavy atom. The Morgan fingerprint density at radius 1 is 1.22 bits per heavy atom. The van der Waals surface area contributed by atoms with E-state index in [0.29, 0.717) is 17.1 Å². The summed E-state index contributed by atoms with van der Waals surface area (Å²) in [7, 11) is 4.98. The van der Waals surface area contributed by atoms with E-state index >= 15 is 0 Å². The first-order valence-corrected chi connectivity index (χ1v) is 10.1. The van der Waals surface area contributed by atoms with Crippen molar-refractivity contribution in [2.75, 3.05) is 34.4 Å². The number of halogens is 2. The molecule has 0 bridgehead atoms. The van der Waals surface area contributed by atoms with Crippen LogP contribution in [0.1, 0.15) is 23.1 Å². The molecule has 3 rings (SSSR count). The monoisotopic (exact) mass is 553 g/mol. The molecule has 1 fully saturated rings. The van der Waals surface area contributed by atoms with Crippen molar-refractivity contribution < 1.29 is 13.9 Å². The largest absolute Gasteiger partial charge is 0.497 e. The van der Waals surface area contributed by atoms with Crippen molar-refractivity contribution in [1.82, 2.24) is 15.5 Å². The average Bonchev–Trinajstić information content (AvgIpc) is 3.23. The quantitative estimate of drug-likeness (QED) is 0.311. The molecule has 1 saturated heterocycles. The molecule has 2 aromatic carbocycles. The maximum atomic E-state index is 14.0. The Morgan fingerprint density at radius 2 is 1.94 bits per heavy atom. The molecule has 7 nitrogen and oxygen atoms in total. The first kappa shape index (κ1) is 25.7. The van der Waals surface area contributed by atoms with Gasteiger partial charge in [0.25, 0.3) is 0 Å². The third-order valence-electron chi connectivity index (χ3n) is 5.28. The molecule has 2 aromatic rings. The van der Waals surface area contributed by atoms with Gasteiger partial charge in [0.2, 0.25) is 0 Å². The molecule has 0 aromatic heterocycles. The highest BCUT2D eigenvalue weighted by molar-refractivity contribution is 14.0. The lowest BCUT2D eigenvalue weighted by Crippen LogP contribution is -2.44. The van der Waals surface area contributed by atoms with Gasteiger partial charge in [-0.1, -0.05) is 0 Å². The molecular formula is C23H29FIN5O2. The second-order valence-corrected chi connectivity index (χ2v) is 7.43. The lowest BCUT2D eigenvalue weighted by molar-refractivity contribution is 0.321. The summed E-state index contributed by atoms with van der Waals surface area (Å²) in [4.78, 5) is 6.60. The SMILES string of the molecule is CN=C(NCc1cc(C#N)ccc1F)NC1CCN(Cc2cc(OC)cc(OC)c2)C1.I. The van der Waals surface area contributed by atoms with Crippen molar-refractivity contribution >= 4 is 29.9 Å². The van der Waals surface area contributed by atoms with Crippen molar-refractivity contribution in [3.05, 3.63) is 58.9 Å². The van der Waals surface area contributed by atoms with Crippen LogP contribution in [0.25, 0.3) is 0 Å². The molecule has 1 unspecified atom stereocenters. The third-order valence-corrected chi connectivity index (χ3v) is 5.28. The summed E-state index contributed by atoms with van der Waals surface area (Å²) in [5.74, 6) is 1.82. The maximum absolute atomic E-state index is 14.0. The number of methoxy groups -OCH3 is 2. The molecule has 0 amide bonds. The summed E-state index contributed by atoms with van der Waals surface area (Å²) in [6.07, 6.45) is 0.972. The van der Waals surface area contributed by atoms with E-state index in [1.165, 1.54) is 12.1 Å². The van der Waals surface area contributed by atoms with Gasteiger partial charge in [-0.05, 0) is 42.3 Å². The molecule has 1 aliphatic rings. The van der Waals surface area contributed by atoms with E-state index in [0.717, 1.165) is 43.1 Å². The van der Waals surface area contributed by atoms with E-state index < -0.39 is 0 Å². The zero-order valence-corrected chi connectivity index (χ0v) is 20.9. The number of ether oxygens (including phenoxy) is 2. The zero-order chi connectivity index (χ0) is 22.2.